The summed E-state index contributed by atoms with van der Waals surface area (Å²) in [5, 5.41) is 56.9. The van der Waals surface area contributed by atoms with Crippen molar-refractivity contribution in [1.82, 2.24) is 24.5 Å². The highest BCUT2D eigenvalue weighted by atomic mass is 16.5. The zero-order valence-electron chi connectivity index (χ0n) is 33.8. The fourth-order valence-corrected chi connectivity index (χ4v) is 7.33. The van der Waals surface area contributed by atoms with Gasteiger partial charge < -0.3 is 41.4 Å². The number of carbonyl (C=O) groups is 2. The molecule has 0 aliphatic rings. The topological polar surface area (TPSA) is 238 Å². The van der Waals surface area contributed by atoms with Gasteiger partial charge in [-0.3, -0.25) is 14.2 Å². The molecule has 0 radical (unpaired) electrons. The first kappa shape index (κ1) is 41.1. The summed E-state index contributed by atoms with van der Waals surface area (Å²) in [5.41, 5.74) is 15.7. The molecular weight excluding hydrogens is 805 g/mol. The Hall–Kier alpha value is -8.66. The number of aromatic nitrogens is 6. The third-order valence-electron chi connectivity index (χ3n) is 10.4. The Bertz CT molecular complexity index is 2950. The number of nitrogens with zero attached hydrogens (tertiary/aromatic N) is 6. The predicted molar refractivity (Wildman–Crippen MR) is 231 cm³/mol. The molecule has 0 bridgehead atoms. The number of hydrogen-bond donors (Lipinski definition) is 6. The summed E-state index contributed by atoms with van der Waals surface area (Å²) in [6.07, 6.45) is 1.94. The van der Waals surface area contributed by atoms with E-state index < -0.39 is 11.8 Å². The Morgan fingerprint density at radius 1 is 0.667 bits per heavy atom. The molecule has 2 heterocycles. The largest absolute Gasteiger partial charge is 0.508 e. The van der Waals surface area contributed by atoms with Gasteiger partial charge in [0.2, 0.25) is 12.6 Å². The van der Waals surface area contributed by atoms with Gasteiger partial charge in [-0.25, -0.2) is 0 Å². The molecule has 8 aromatic rings. The van der Waals surface area contributed by atoms with Gasteiger partial charge in [0, 0.05) is 23.4 Å². The number of rotatable bonds is 15. The molecule has 0 aliphatic carbocycles. The first-order valence-electron chi connectivity index (χ1n) is 19.7. The van der Waals surface area contributed by atoms with Gasteiger partial charge in [0.05, 0.1) is 23.3 Å². The first-order valence-corrected chi connectivity index (χ1v) is 19.7. The van der Waals surface area contributed by atoms with Crippen LogP contribution >= 0.6 is 0 Å². The quantitative estimate of drug-likeness (QED) is 0.0656. The molecule has 0 atom stereocenters. The molecule has 0 aliphatic heterocycles. The number of methoxy groups -OCH3 is 1. The van der Waals surface area contributed by atoms with Crippen molar-refractivity contribution in [3.8, 4) is 79.8 Å². The van der Waals surface area contributed by atoms with E-state index in [0.717, 1.165) is 12.0 Å². The minimum absolute atomic E-state index is 0.0727. The van der Waals surface area contributed by atoms with Gasteiger partial charge in [-0.1, -0.05) is 65.3 Å². The van der Waals surface area contributed by atoms with Crippen LogP contribution in [-0.4, -0.2) is 63.9 Å². The summed E-state index contributed by atoms with van der Waals surface area (Å²) in [5.74, 6) is -1.80. The SMILES string of the molecule is COc1ccc(-[n+]2c(C(N)=O)nn(COc3ccc(-n4c(C(N)=O)nnc4-c4cc(-c5ccccc5)c(O)cc4O)cc3)c2-c2cc(CCCc3ccccc3)c(O)cc2O)cc1. The average Bonchev–Trinajstić information content (AvgIpc) is 3.90. The Morgan fingerprint density at radius 2 is 1.30 bits per heavy atom. The second kappa shape index (κ2) is 17.5. The first-order chi connectivity index (χ1) is 30.5. The number of benzene rings is 6. The van der Waals surface area contributed by atoms with E-state index in [-0.39, 0.29) is 64.2 Å². The molecule has 63 heavy (non-hydrogen) atoms. The Kier molecular flexibility index (Phi) is 11.4. The van der Waals surface area contributed by atoms with Crippen LogP contribution in [0.4, 0.5) is 0 Å². The van der Waals surface area contributed by atoms with Crippen molar-refractivity contribution in [3.05, 3.63) is 156 Å². The van der Waals surface area contributed by atoms with E-state index >= 15 is 0 Å². The van der Waals surface area contributed by atoms with Crippen molar-refractivity contribution in [2.75, 3.05) is 7.11 Å². The maximum Gasteiger partial charge on any atom is 0.372 e. The summed E-state index contributed by atoms with van der Waals surface area (Å²) in [6.45, 7) is -0.296. The third-order valence-corrected chi connectivity index (χ3v) is 10.4. The molecule has 8 N–H and O–H groups in total. The normalized spacial score (nSPS) is 11.1. The number of ether oxygens (including phenoxy) is 2. The number of primary amides is 2. The zero-order chi connectivity index (χ0) is 44.2. The second-order valence-electron chi connectivity index (χ2n) is 14.4. The molecular formula is C47H41N8O8+. The van der Waals surface area contributed by atoms with Crippen LogP contribution < -0.4 is 25.5 Å². The summed E-state index contributed by atoms with van der Waals surface area (Å²) >= 11 is 0. The van der Waals surface area contributed by atoms with Crippen molar-refractivity contribution >= 4 is 11.8 Å². The van der Waals surface area contributed by atoms with Crippen LogP contribution in [0.25, 0.3) is 45.3 Å². The van der Waals surface area contributed by atoms with Gasteiger partial charge in [0.15, 0.2) is 5.82 Å². The summed E-state index contributed by atoms with van der Waals surface area (Å²) in [6, 6.07) is 37.9. The molecule has 0 unspecified atom stereocenters. The minimum Gasteiger partial charge on any atom is -0.508 e. The molecule has 316 valence electrons. The van der Waals surface area contributed by atoms with Gasteiger partial charge >= 0.3 is 11.7 Å². The van der Waals surface area contributed by atoms with Gasteiger partial charge in [-0.2, -0.15) is 4.57 Å². The average molecular weight is 846 g/mol. The van der Waals surface area contributed by atoms with Crippen LogP contribution in [0.15, 0.2) is 133 Å². The lowest BCUT2D eigenvalue weighted by Gasteiger charge is -2.13. The monoisotopic (exact) mass is 845 g/mol. The van der Waals surface area contributed by atoms with Crippen molar-refractivity contribution in [2.24, 2.45) is 11.5 Å². The lowest BCUT2D eigenvalue weighted by atomic mass is 10.0. The molecule has 0 saturated heterocycles. The molecule has 0 fully saturated rings. The van der Waals surface area contributed by atoms with Crippen molar-refractivity contribution in [1.29, 1.82) is 0 Å². The highest BCUT2D eigenvalue weighted by Gasteiger charge is 2.34. The summed E-state index contributed by atoms with van der Waals surface area (Å²) in [4.78, 5) is 25.7. The van der Waals surface area contributed by atoms with Gasteiger partial charge in [0.1, 0.15) is 40.2 Å². The maximum atomic E-state index is 13.0. The molecule has 0 spiro atoms. The van der Waals surface area contributed by atoms with Crippen LogP contribution in [0.3, 0.4) is 0 Å². The lowest BCUT2D eigenvalue weighted by Crippen LogP contribution is -2.40. The molecule has 16 nitrogen and oxygen atoms in total. The van der Waals surface area contributed by atoms with Crippen LogP contribution in [0.2, 0.25) is 0 Å². The lowest BCUT2D eigenvalue weighted by molar-refractivity contribution is -0.587. The van der Waals surface area contributed by atoms with Gasteiger partial charge in [-0.15, -0.1) is 10.2 Å². The molecule has 2 aromatic heterocycles. The third kappa shape index (κ3) is 8.40. The number of carbonyl (C=O) groups excluding carboxylic acids is 2. The number of phenols is 4. The maximum absolute atomic E-state index is 13.0. The molecule has 16 heteroatoms. The minimum atomic E-state index is -0.880. The highest BCUT2D eigenvalue weighted by molar-refractivity contribution is 5.91. The van der Waals surface area contributed by atoms with Crippen LogP contribution in [0, 0.1) is 0 Å². The summed E-state index contributed by atoms with van der Waals surface area (Å²) < 4.78 is 15.8. The standard InChI is InChI=1S/C47H40N8O8/c1-62-33-19-15-32(16-20-33)55-46(43(49)61)52-53(47(55)37-23-30(38(56)25-41(37)59)14-8-11-28-9-4-2-5-10-28)27-63-34-21-17-31(18-22-34)54-44(50-51-45(54)42(48)60)36-24-35(39(57)26-40(36)58)29-12-6-3-7-13-29/h2-7,9-10,12-13,15-26H,8,11,14,27H2,1H3,(H7,48,49,50,56,57,58,59,60,61)/p+1. The molecule has 2 amide bonds. The van der Waals surface area contributed by atoms with Crippen LogP contribution in [0.1, 0.15) is 38.8 Å². The number of nitrogens with two attached hydrogens (primary N) is 2. The fraction of sp³-hybridized carbons (Fsp3) is 0.106. The van der Waals surface area contributed by atoms with E-state index in [1.54, 1.807) is 72.8 Å². The van der Waals surface area contributed by atoms with E-state index in [1.165, 1.54) is 33.1 Å². The fourth-order valence-electron chi connectivity index (χ4n) is 7.33. The van der Waals surface area contributed by atoms with Crippen LogP contribution in [0.5, 0.6) is 34.5 Å². The van der Waals surface area contributed by atoms with E-state index in [2.05, 4.69) is 15.3 Å². The molecule has 6 aromatic carbocycles. The van der Waals surface area contributed by atoms with Crippen molar-refractivity contribution < 1.29 is 44.1 Å². The van der Waals surface area contributed by atoms with Crippen molar-refractivity contribution in [2.45, 2.75) is 26.0 Å². The number of amides is 2. The predicted octanol–water partition coefficient (Wildman–Crippen LogP) is 5.98. The Balaban J connectivity index is 1.15. The number of phenolic OH excluding ortho intramolecular Hbond substituents is 4. The number of hydrogen-bond acceptors (Lipinski definition) is 11. The van der Waals surface area contributed by atoms with Crippen molar-refractivity contribution in [3.63, 3.8) is 0 Å². The Morgan fingerprint density at radius 3 is 1.97 bits per heavy atom. The molecule has 0 saturated carbocycles. The van der Waals surface area contributed by atoms with E-state index in [4.69, 9.17) is 20.9 Å². The zero-order valence-corrected chi connectivity index (χ0v) is 33.8. The Labute approximate surface area is 360 Å². The summed E-state index contributed by atoms with van der Waals surface area (Å²) in [7, 11) is 1.53. The van der Waals surface area contributed by atoms with E-state index in [0.29, 0.717) is 52.4 Å². The number of aromatic hydroxyl groups is 4. The van der Waals surface area contributed by atoms with Gasteiger partial charge in [0.25, 0.3) is 11.7 Å². The smallest absolute Gasteiger partial charge is 0.372 e. The van der Waals surface area contributed by atoms with Crippen LogP contribution in [-0.2, 0) is 19.6 Å². The van der Waals surface area contributed by atoms with E-state index in [1.807, 2.05) is 48.5 Å². The number of aryl methyl sites for hydroxylation is 2. The highest BCUT2D eigenvalue weighted by Crippen LogP contribution is 2.40. The van der Waals surface area contributed by atoms with E-state index in [9.17, 15) is 30.0 Å². The molecule has 8 rings (SSSR count). The van der Waals surface area contributed by atoms with Gasteiger partial charge in [-0.05, 0) is 96.6 Å². The second-order valence-corrected chi connectivity index (χ2v) is 14.4.